The lowest BCUT2D eigenvalue weighted by molar-refractivity contribution is -0.130. The van der Waals surface area contributed by atoms with Gasteiger partial charge in [0, 0.05) is 39.3 Å². The molecule has 7 heteroatoms. The Morgan fingerprint density at radius 1 is 1.17 bits per heavy atom. The van der Waals surface area contributed by atoms with Gasteiger partial charge in [-0.15, -0.1) is 0 Å². The summed E-state index contributed by atoms with van der Waals surface area (Å²) in [5, 5.41) is 0. The van der Waals surface area contributed by atoms with Gasteiger partial charge in [0.25, 0.3) is 5.91 Å². The minimum absolute atomic E-state index is 0.0807. The first-order valence-electron chi connectivity index (χ1n) is 7.80. The smallest absolute Gasteiger partial charge is 0.272 e. The van der Waals surface area contributed by atoms with Crippen LogP contribution in [0.2, 0.25) is 0 Å². The third-order valence-corrected chi connectivity index (χ3v) is 5.44. The summed E-state index contributed by atoms with van der Waals surface area (Å²) >= 11 is 6.71. The van der Waals surface area contributed by atoms with Crippen molar-refractivity contribution in [1.29, 1.82) is 0 Å². The lowest BCUT2D eigenvalue weighted by Crippen LogP contribution is -2.46. The molecule has 2 amide bonds. The van der Waals surface area contributed by atoms with Gasteiger partial charge in [-0.3, -0.25) is 14.5 Å². The third-order valence-electron chi connectivity index (χ3n) is 4.15. The first-order chi connectivity index (χ1) is 11.5. The molecule has 0 aromatic heterocycles. The second-order valence-corrected chi connectivity index (χ2v) is 7.56. The highest BCUT2D eigenvalue weighted by molar-refractivity contribution is 8.27. The Labute approximate surface area is 151 Å². The monoisotopic (exact) mass is 361 g/mol. The minimum atomic E-state index is -0.0807. The summed E-state index contributed by atoms with van der Waals surface area (Å²) in [5.74, 6) is 0.0168. The van der Waals surface area contributed by atoms with E-state index in [4.69, 9.17) is 12.2 Å². The summed E-state index contributed by atoms with van der Waals surface area (Å²) in [5.41, 5.74) is 1.94. The molecule has 126 valence electrons. The Hall–Kier alpha value is -1.86. The Bertz CT molecular complexity index is 707. The summed E-state index contributed by atoms with van der Waals surface area (Å²) in [6.45, 7) is 6.42. The van der Waals surface area contributed by atoms with E-state index in [1.807, 2.05) is 42.3 Å². The average molecular weight is 361 g/mol. The number of aryl methyl sites for hydroxylation is 1. The fourth-order valence-corrected chi connectivity index (χ4v) is 4.01. The number of hydrogen-bond acceptors (Lipinski definition) is 5. The molecular formula is C17H19N3O2S2. The van der Waals surface area contributed by atoms with Crippen LogP contribution in [0.15, 0.2) is 35.4 Å². The van der Waals surface area contributed by atoms with Crippen LogP contribution < -0.4 is 4.90 Å². The summed E-state index contributed by atoms with van der Waals surface area (Å²) in [6, 6.07) is 7.76. The van der Waals surface area contributed by atoms with Crippen molar-refractivity contribution in [3.63, 3.8) is 0 Å². The van der Waals surface area contributed by atoms with Gasteiger partial charge in [-0.05, 0) is 19.1 Å². The second-order valence-electron chi connectivity index (χ2n) is 5.88. The highest BCUT2D eigenvalue weighted by atomic mass is 32.2. The summed E-state index contributed by atoms with van der Waals surface area (Å²) in [7, 11) is 0. The van der Waals surface area contributed by atoms with Crippen LogP contribution in [0.3, 0.4) is 0 Å². The molecule has 0 spiro atoms. The zero-order valence-electron chi connectivity index (χ0n) is 13.7. The topological polar surface area (TPSA) is 43.9 Å². The van der Waals surface area contributed by atoms with Crippen LogP contribution in [0.25, 0.3) is 0 Å². The van der Waals surface area contributed by atoms with Crippen molar-refractivity contribution < 1.29 is 9.59 Å². The van der Waals surface area contributed by atoms with Crippen LogP contribution in [0.4, 0.5) is 5.69 Å². The predicted octanol–water partition coefficient (Wildman–Crippen LogP) is 2.37. The Morgan fingerprint density at radius 3 is 2.38 bits per heavy atom. The number of nitrogens with zero attached hydrogens (tertiary/aromatic N) is 3. The van der Waals surface area contributed by atoms with E-state index >= 15 is 0 Å². The maximum Gasteiger partial charge on any atom is 0.272 e. The fraction of sp³-hybridized carbons (Fsp3) is 0.353. The SMILES string of the molecule is CC(=O)N1CCN(/C=C2\SC(=S)N(c3ccc(C)cc3)C2=O)CC1. The number of benzene rings is 1. The molecule has 0 atom stereocenters. The summed E-state index contributed by atoms with van der Waals surface area (Å²) < 4.78 is 0.553. The zero-order valence-corrected chi connectivity index (χ0v) is 15.3. The van der Waals surface area contributed by atoms with Crippen molar-refractivity contribution in [2.24, 2.45) is 0 Å². The standard InChI is InChI=1S/C17H19N3O2S2/c1-12-3-5-14(6-4-12)20-16(22)15(24-17(20)23)11-18-7-9-19(10-8-18)13(2)21/h3-6,11H,7-10H2,1-2H3/b15-11-. The van der Waals surface area contributed by atoms with Crippen LogP contribution >= 0.6 is 24.0 Å². The fourth-order valence-electron chi connectivity index (χ4n) is 2.71. The zero-order chi connectivity index (χ0) is 17.3. The molecule has 2 saturated heterocycles. The van der Waals surface area contributed by atoms with Crippen LogP contribution in [0.1, 0.15) is 12.5 Å². The van der Waals surface area contributed by atoms with E-state index in [1.54, 1.807) is 11.8 Å². The molecule has 0 aliphatic carbocycles. The van der Waals surface area contributed by atoms with Crippen molar-refractivity contribution in [1.82, 2.24) is 9.80 Å². The van der Waals surface area contributed by atoms with Gasteiger partial charge in [0.15, 0.2) is 4.32 Å². The van der Waals surface area contributed by atoms with Crippen molar-refractivity contribution in [2.75, 3.05) is 31.1 Å². The maximum absolute atomic E-state index is 12.7. The molecule has 0 N–H and O–H groups in total. The van der Waals surface area contributed by atoms with Gasteiger partial charge < -0.3 is 9.80 Å². The molecule has 2 heterocycles. The molecule has 0 saturated carbocycles. The number of amides is 2. The van der Waals surface area contributed by atoms with Gasteiger partial charge in [0.2, 0.25) is 5.91 Å². The number of hydrogen-bond donors (Lipinski definition) is 0. The number of rotatable bonds is 2. The van der Waals surface area contributed by atoms with Gasteiger partial charge in [0.1, 0.15) is 0 Å². The van der Waals surface area contributed by atoms with E-state index in [1.165, 1.54) is 11.8 Å². The number of carbonyl (C=O) groups is 2. The van der Waals surface area contributed by atoms with Crippen molar-refractivity contribution in [2.45, 2.75) is 13.8 Å². The average Bonchev–Trinajstić information content (AvgIpc) is 2.83. The number of anilines is 1. The molecule has 3 rings (SSSR count). The van der Waals surface area contributed by atoms with Gasteiger partial charge >= 0.3 is 0 Å². The van der Waals surface area contributed by atoms with Gasteiger partial charge in [-0.1, -0.05) is 41.7 Å². The first-order valence-corrected chi connectivity index (χ1v) is 9.02. The third kappa shape index (κ3) is 3.47. The normalized spacial score (nSPS) is 20.2. The molecule has 2 aliphatic heterocycles. The second kappa shape index (κ2) is 6.94. The van der Waals surface area contributed by atoms with E-state index in [0.29, 0.717) is 22.3 Å². The van der Waals surface area contributed by atoms with E-state index in [0.717, 1.165) is 24.3 Å². The molecule has 0 unspecified atom stereocenters. The van der Waals surface area contributed by atoms with E-state index in [2.05, 4.69) is 4.90 Å². The van der Waals surface area contributed by atoms with Crippen molar-refractivity contribution >= 4 is 45.8 Å². The van der Waals surface area contributed by atoms with E-state index in [9.17, 15) is 9.59 Å². The molecular weight excluding hydrogens is 342 g/mol. The highest BCUT2D eigenvalue weighted by Gasteiger charge is 2.34. The first kappa shape index (κ1) is 17.0. The van der Waals surface area contributed by atoms with Gasteiger partial charge in [0.05, 0.1) is 10.6 Å². The quantitative estimate of drug-likeness (QED) is 0.598. The van der Waals surface area contributed by atoms with E-state index in [-0.39, 0.29) is 11.8 Å². The summed E-state index contributed by atoms with van der Waals surface area (Å²) in [4.78, 5) is 30.2. The van der Waals surface area contributed by atoms with E-state index < -0.39 is 0 Å². The van der Waals surface area contributed by atoms with Gasteiger partial charge in [-0.25, -0.2) is 0 Å². The number of piperazine rings is 1. The number of carbonyl (C=O) groups excluding carboxylic acids is 2. The number of thioether (sulfide) groups is 1. The maximum atomic E-state index is 12.7. The molecule has 24 heavy (non-hydrogen) atoms. The molecule has 2 aliphatic rings. The molecule has 1 aromatic carbocycles. The Kier molecular flexibility index (Phi) is 4.91. The van der Waals surface area contributed by atoms with Crippen LogP contribution in [-0.4, -0.2) is 52.1 Å². The Morgan fingerprint density at radius 2 is 1.79 bits per heavy atom. The van der Waals surface area contributed by atoms with Crippen LogP contribution in [0.5, 0.6) is 0 Å². The van der Waals surface area contributed by atoms with Crippen LogP contribution in [-0.2, 0) is 9.59 Å². The molecule has 0 radical (unpaired) electrons. The molecule has 1 aromatic rings. The lowest BCUT2D eigenvalue weighted by atomic mass is 10.2. The van der Waals surface area contributed by atoms with Gasteiger partial charge in [-0.2, -0.15) is 0 Å². The molecule has 0 bridgehead atoms. The predicted molar refractivity (Wildman–Crippen MR) is 101 cm³/mol. The summed E-state index contributed by atoms with van der Waals surface area (Å²) in [6.07, 6.45) is 1.88. The van der Waals surface area contributed by atoms with Crippen molar-refractivity contribution in [3.05, 3.63) is 40.9 Å². The largest absolute Gasteiger partial charge is 0.373 e. The van der Waals surface area contributed by atoms with Crippen molar-refractivity contribution in [3.8, 4) is 0 Å². The lowest BCUT2D eigenvalue weighted by Gasteiger charge is -2.33. The minimum Gasteiger partial charge on any atom is -0.373 e. The highest BCUT2D eigenvalue weighted by Crippen LogP contribution is 2.35. The number of thiocarbonyl (C=S) groups is 1. The molecule has 5 nitrogen and oxygen atoms in total. The van der Waals surface area contributed by atoms with Crippen LogP contribution in [0, 0.1) is 6.92 Å². The molecule has 2 fully saturated rings. The Balaban J connectivity index is 1.72.